The van der Waals surface area contributed by atoms with Gasteiger partial charge in [0.15, 0.2) is 5.65 Å². The molecule has 1 aliphatic rings. The number of anilines is 2. The number of aromatic nitrogens is 5. The summed E-state index contributed by atoms with van der Waals surface area (Å²) >= 11 is 0. The predicted octanol–water partition coefficient (Wildman–Crippen LogP) is 0.762. The highest BCUT2D eigenvalue weighted by Crippen LogP contribution is 2.26. The van der Waals surface area contributed by atoms with Crippen LogP contribution in [-0.4, -0.2) is 46.0 Å². The summed E-state index contributed by atoms with van der Waals surface area (Å²) in [7, 11) is -0.827. The van der Waals surface area contributed by atoms with Crippen LogP contribution in [0.25, 0.3) is 5.65 Å². The minimum Gasteiger partial charge on any atom is -0.384 e. The number of fused-ring (bicyclic) bond motifs is 1. The van der Waals surface area contributed by atoms with E-state index < -0.39 is 10.8 Å². The van der Waals surface area contributed by atoms with E-state index in [2.05, 4.69) is 20.5 Å². The zero-order valence-electron chi connectivity index (χ0n) is 13.5. The minimum absolute atomic E-state index is 0.0301. The number of rotatable bonds is 3. The molecule has 0 spiro atoms. The van der Waals surface area contributed by atoms with Crippen molar-refractivity contribution in [1.29, 1.82) is 0 Å². The van der Waals surface area contributed by atoms with Crippen LogP contribution in [-0.2, 0) is 10.8 Å². The van der Waals surface area contributed by atoms with Crippen molar-refractivity contribution in [3.8, 4) is 0 Å². The van der Waals surface area contributed by atoms with Crippen LogP contribution in [0, 0.1) is 6.92 Å². The highest BCUT2D eigenvalue weighted by molar-refractivity contribution is 7.85. The molecule has 0 aromatic carbocycles. The van der Waals surface area contributed by atoms with Crippen molar-refractivity contribution < 1.29 is 9.00 Å². The molecule has 0 saturated carbocycles. The number of carbonyl (C=O) groups is 1. The van der Waals surface area contributed by atoms with Gasteiger partial charge in [-0.1, -0.05) is 0 Å². The summed E-state index contributed by atoms with van der Waals surface area (Å²) in [6.45, 7) is 1.86. The van der Waals surface area contributed by atoms with Gasteiger partial charge in [-0.3, -0.25) is 9.00 Å². The number of carbonyl (C=O) groups excluding carboxylic acids is 1. The summed E-state index contributed by atoms with van der Waals surface area (Å²) in [6.07, 6.45) is 3.89. The lowest BCUT2D eigenvalue weighted by Crippen LogP contribution is -2.19. The lowest BCUT2D eigenvalue weighted by atomic mass is 10.2. The highest BCUT2D eigenvalue weighted by Gasteiger charge is 2.26. The Balaban J connectivity index is 1.64. The Morgan fingerprint density at radius 2 is 2.32 bits per heavy atom. The van der Waals surface area contributed by atoms with E-state index in [1.807, 2.05) is 6.92 Å². The van der Waals surface area contributed by atoms with Crippen LogP contribution in [0.4, 0.5) is 11.6 Å². The van der Waals surface area contributed by atoms with E-state index in [0.29, 0.717) is 34.4 Å². The first-order valence-corrected chi connectivity index (χ1v) is 9.32. The van der Waals surface area contributed by atoms with Gasteiger partial charge in [-0.2, -0.15) is 10.2 Å². The van der Waals surface area contributed by atoms with Gasteiger partial charge < -0.3 is 11.1 Å². The third-order valence-electron chi connectivity index (χ3n) is 4.14. The Morgan fingerprint density at radius 3 is 3.08 bits per heavy atom. The number of aryl methyl sites for hydroxylation is 1. The molecule has 10 heteroatoms. The SMILES string of the molecule is Cc1cc(NC(=O)c2cnn3ccc(N)nc23)n(C2CCS(=O)C2)n1. The van der Waals surface area contributed by atoms with E-state index in [1.165, 1.54) is 10.7 Å². The molecule has 1 aliphatic heterocycles. The first kappa shape index (κ1) is 15.8. The smallest absolute Gasteiger partial charge is 0.262 e. The summed E-state index contributed by atoms with van der Waals surface area (Å²) in [5.74, 6) is 1.77. The van der Waals surface area contributed by atoms with E-state index in [1.54, 1.807) is 23.0 Å². The maximum Gasteiger partial charge on any atom is 0.262 e. The molecule has 9 nitrogen and oxygen atoms in total. The molecule has 3 aromatic heterocycles. The Labute approximate surface area is 145 Å². The minimum atomic E-state index is -0.827. The summed E-state index contributed by atoms with van der Waals surface area (Å²) in [5.41, 5.74) is 7.21. The summed E-state index contributed by atoms with van der Waals surface area (Å²) in [4.78, 5) is 16.9. The first-order valence-electron chi connectivity index (χ1n) is 7.83. The molecule has 1 fully saturated rings. The maximum atomic E-state index is 12.7. The second-order valence-corrected chi connectivity index (χ2v) is 7.62. The molecule has 4 rings (SSSR count). The monoisotopic (exact) mass is 359 g/mol. The third-order valence-corrected chi connectivity index (χ3v) is 5.59. The van der Waals surface area contributed by atoms with Crippen molar-refractivity contribution >= 4 is 34.0 Å². The molecule has 4 heterocycles. The van der Waals surface area contributed by atoms with Gasteiger partial charge in [-0.05, 0) is 19.4 Å². The molecule has 0 aliphatic carbocycles. The molecule has 2 unspecified atom stereocenters. The van der Waals surface area contributed by atoms with Crippen molar-refractivity contribution in [2.75, 3.05) is 22.6 Å². The van der Waals surface area contributed by atoms with Crippen molar-refractivity contribution in [2.24, 2.45) is 0 Å². The molecule has 1 saturated heterocycles. The van der Waals surface area contributed by atoms with Crippen LogP contribution >= 0.6 is 0 Å². The van der Waals surface area contributed by atoms with Gasteiger partial charge in [-0.15, -0.1) is 0 Å². The van der Waals surface area contributed by atoms with Crippen molar-refractivity contribution in [1.82, 2.24) is 24.4 Å². The molecule has 0 bridgehead atoms. The molecular formula is C15H17N7O2S. The third kappa shape index (κ3) is 2.88. The number of hydrogen-bond acceptors (Lipinski definition) is 6. The fraction of sp³-hybridized carbons (Fsp3) is 0.333. The largest absolute Gasteiger partial charge is 0.384 e. The van der Waals surface area contributed by atoms with Gasteiger partial charge in [-0.25, -0.2) is 14.2 Å². The fourth-order valence-electron chi connectivity index (χ4n) is 2.96. The summed E-state index contributed by atoms with van der Waals surface area (Å²) < 4.78 is 14.9. The van der Waals surface area contributed by atoms with Gasteiger partial charge in [0, 0.05) is 34.6 Å². The van der Waals surface area contributed by atoms with Crippen molar-refractivity contribution in [3.05, 3.63) is 35.8 Å². The molecule has 3 N–H and O–H groups in total. The van der Waals surface area contributed by atoms with Crippen LogP contribution in [0.3, 0.4) is 0 Å². The van der Waals surface area contributed by atoms with Gasteiger partial charge >= 0.3 is 0 Å². The van der Waals surface area contributed by atoms with Crippen LogP contribution in [0.2, 0.25) is 0 Å². The number of nitrogen functional groups attached to an aromatic ring is 1. The molecule has 1 amide bonds. The standard InChI is InChI=1S/C15H17N7O2S/c1-9-6-13(22(20-9)10-3-5-25(24)8-10)19-15(23)11-7-17-21-4-2-12(16)18-14(11)21/h2,4,6-7,10H,3,5,8H2,1H3,(H2,16,18)(H,19,23). The highest BCUT2D eigenvalue weighted by atomic mass is 32.2. The number of hydrogen-bond donors (Lipinski definition) is 2. The van der Waals surface area contributed by atoms with Gasteiger partial charge in [0.1, 0.15) is 17.2 Å². The zero-order valence-corrected chi connectivity index (χ0v) is 14.4. The first-order chi connectivity index (χ1) is 12.0. The molecule has 3 aromatic rings. The molecular weight excluding hydrogens is 342 g/mol. The van der Waals surface area contributed by atoms with Crippen LogP contribution in [0.15, 0.2) is 24.5 Å². The molecule has 0 radical (unpaired) electrons. The van der Waals surface area contributed by atoms with Gasteiger partial charge in [0.2, 0.25) is 0 Å². The van der Waals surface area contributed by atoms with E-state index in [-0.39, 0.29) is 11.9 Å². The quantitative estimate of drug-likeness (QED) is 0.712. The van der Waals surface area contributed by atoms with E-state index >= 15 is 0 Å². The van der Waals surface area contributed by atoms with Gasteiger partial charge in [0.25, 0.3) is 5.91 Å². The Morgan fingerprint density at radius 1 is 1.48 bits per heavy atom. The van der Waals surface area contributed by atoms with Crippen LogP contribution < -0.4 is 11.1 Å². The van der Waals surface area contributed by atoms with Gasteiger partial charge in [0.05, 0.1) is 17.9 Å². The zero-order chi connectivity index (χ0) is 17.6. The lowest BCUT2D eigenvalue weighted by molar-refractivity contribution is 0.102. The normalized spacial score (nSPS) is 20.2. The lowest BCUT2D eigenvalue weighted by Gasteiger charge is -2.13. The van der Waals surface area contributed by atoms with Crippen molar-refractivity contribution in [2.45, 2.75) is 19.4 Å². The maximum absolute atomic E-state index is 12.7. The molecule has 130 valence electrons. The average Bonchev–Trinajstić information content (AvgIpc) is 3.25. The predicted molar refractivity (Wildman–Crippen MR) is 93.8 cm³/mol. The second kappa shape index (κ2) is 5.96. The second-order valence-electron chi connectivity index (χ2n) is 6.00. The van der Waals surface area contributed by atoms with E-state index in [9.17, 15) is 9.00 Å². The number of nitrogens with one attached hydrogen (secondary N) is 1. The number of nitrogens with two attached hydrogens (primary N) is 1. The molecule has 2 atom stereocenters. The Hall–Kier alpha value is -2.75. The van der Waals surface area contributed by atoms with Crippen LogP contribution in [0.5, 0.6) is 0 Å². The summed E-state index contributed by atoms with van der Waals surface area (Å²) in [6, 6.07) is 3.44. The van der Waals surface area contributed by atoms with Crippen molar-refractivity contribution in [3.63, 3.8) is 0 Å². The van der Waals surface area contributed by atoms with E-state index in [0.717, 1.165) is 12.1 Å². The Kier molecular flexibility index (Phi) is 3.75. The number of nitrogens with zero attached hydrogens (tertiary/aromatic N) is 5. The molecule has 25 heavy (non-hydrogen) atoms. The topological polar surface area (TPSA) is 120 Å². The summed E-state index contributed by atoms with van der Waals surface area (Å²) in [5, 5.41) is 11.4. The average molecular weight is 359 g/mol. The Bertz CT molecular complexity index is 993. The fourth-order valence-corrected chi connectivity index (χ4v) is 4.40. The van der Waals surface area contributed by atoms with E-state index in [4.69, 9.17) is 5.73 Å². The van der Waals surface area contributed by atoms with Crippen LogP contribution in [0.1, 0.15) is 28.5 Å². The number of amides is 1.